The Kier molecular flexibility index (Phi) is 4.16. The van der Waals surface area contributed by atoms with Crippen LogP contribution in [0.15, 0.2) is 18.2 Å². The molecule has 1 rings (SSSR count). The number of hydrogen-bond acceptors (Lipinski definition) is 3. The summed E-state index contributed by atoms with van der Waals surface area (Å²) >= 11 is 11.0. The van der Waals surface area contributed by atoms with E-state index in [9.17, 15) is 21.6 Å². The maximum Gasteiger partial charge on any atom is 0.534 e. The minimum atomic E-state index is -5.70. The van der Waals surface area contributed by atoms with E-state index in [4.69, 9.17) is 23.2 Å². The molecule has 1 aromatic carbocycles. The molecule has 96 valence electrons. The lowest BCUT2D eigenvalue weighted by Crippen LogP contribution is -2.28. The van der Waals surface area contributed by atoms with Crippen molar-refractivity contribution in [1.82, 2.24) is 0 Å². The Morgan fingerprint density at radius 3 is 2.35 bits per heavy atom. The molecular formula is C8H5Cl2F3O3S. The van der Waals surface area contributed by atoms with E-state index >= 15 is 0 Å². The molecule has 0 atom stereocenters. The average Bonchev–Trinajstić information content (AvgIpc) is 2.18. The van der Waals surface area contributed by atoms with Gasteiger partial charge >= 0.3 is 15.6 Å². The molecule has 0 spiro atoms. The van der Waals surface area contributed by atoms with Gasteiger partial charge in [0.25, 0.3) is 0 Å². The van der Waals surface area contributed by atoms with Crippen molar-refractivity contribution in [3.8, 4) is 5.75 Å². The summed E-state index contributed by atoms with van der Waals surface area (Å²) in [5.41, 5.74) is -5.44. The summed E-state index contributed by atoms with van der Waals surface area (Å²) in [6, 6.07) is 3.41. The third kappa shape index (κ3) is 3.40. The van der Waals surface area contributed by atoms with Crippen LogP contribution in [0.1, 0.15) is 5.56 Å². The highest BCUT2D eigenvalue weighted by atomic mass is 35.5. The van der Waals surface area contributed by atoms with E-state index in [2.05, 4.69) is 4.18 Å². The highest BCUT2D eigenvalue weighted by Crippen LogP contribution is 2.30. The van der Waals surface area contributed by atoms with Crippen LogP contribution in [-0.4, -0.2) is 13.9 Å². The fourth-order valence-corrected chi connectivity index (χ4v) is 1.80. The monoisotopic (exact) mass is 308 g/mol. The van der Waals surface area contributed by atoms with Crippen LogP contribution in [0.25, 0.3) is 0 Å². The first kappa shape index (κ1) is 14.4. The van der Waals surface area contributed by atoms with E-state index in [-0.39, 0.29) is 16.5 Å². The Bertz CT molecular complexity index is 513. The predicted octanol–water partition coefficient (Wildman–Crippen LogP) is 3.31. The maximum atomic E-state index is 12.1. The second-order valence-corrected chi connectivity index (χ2v) is 5.11. The smallest absolute Gasteiger partial charge is 0.376 e. The van der Waals surface area contributed by atoms with Gasteiger partial charge in [-0.25, -0.2) is 0 Å². The maximum absolute atomic E-state index is 12.1. The molecule has 0 aliphatic rings. The van der Waals surface area contributed by atoms with Crippen molar-refractivity contribution in [3.05, 3.63) is 28.8 Å². The van der Waals surface area contributed by atoms with Crippen LogP contribution in [0.2, 0.25) is 5.02 Å². The van der Waals surface area contributed by atoms with Gasteiger partial charge in [0, 0.05) is 10.6 Å². The highest BCUT2D eigenvalue weighted by Gasteiger charge is 2.48. The first-order valence-corrected chi connectivity index (χ1v) is 6.34. The molecule has 0 saturated carbocycles. The molecule has 17 heavy (non-hydrogen) atoms. The second kappa shape index (κ2) is 4.91. The Morgan fingerprint density at radius 1 is 1.29 bits per heavy atom. The van der Waals surface area contributed by atoms with Crippen LogP contribution >= 0.6 is 23.2 Å². The zero-order valence-electron chi connectivity index (χ0n) is 7.96. The molecule has 0 fully saturated rings. The fourth-order valence-electron chi connectivity index (χ4n) is 0.899. The lowest BCUT2D eigenvalue weighted by molar-refractivity contribution is -0.0500. The van der Waals surface area contributed by atoms with Crippen LogP contribution in [0.3, 0.4) is 0 Å². The lowest BCUT2D eigenvalue weighted by Gasteiger charge is -2.11. The van der Waals surface area contributed by atoms with Crippen molar-refractivity contribution in [2.45, 2.75) is 11.4 Å². The number of alkyl halides is 4. The molecule has 0 aromatic heterocycles. The quantitative estimate of drug-likeness (QED) is 0.489. The Hall–Kier alpha value is -0.660. The minimum Gasteiger partial charge on any atom is -0.376 e. The lowest BCUT2D eigenvalue weighted by atomic mass is 10.2. The normalized spacial score (nSPS) is 12.5. The molecule has 0 saturated heterocycles. The number of hydrogen-bond donors (Lipinski definition) is 0. The highest BCUT2D eigenvalue weighted by molar-refractivity contribution is 7.88. The summed E-state index contributed by atoms with van der Waals surface area (Å²) in [6.07, 6.45) is 0. The molecule has 9 heteroatoms. The standard InChI is InChI=1S/C8H5Cl2F3O3S/c9-4-5-3-6(10)1-2-7(5)16-17(14,15)8(11,12)13/h1-3H,4H2. The van der Waals surface area contributed by atoms with Crippen LogP contribution in [0, 0.1) is 0 Å². The first-order valence-electron chi connectivity index (χ1n) is 4.02. The summed E-state index contributed by atoms with van der Waals surface area (Å²) in [5, 5.41) is 0.206. The second-order valence-electron chi connectivity index (χ2n) is 2.87. The molecule has 0 aliphatic heterocycles. The Labute approximate surface area is 105 Å². The van der Waals surface area contributed by atoms with Crippen LogP contribution in [-0.2, 0) is 16.0 Å². The molecule has 0 radical (unpaired) electrons. The van der Waals surface area contributed by atoms with E-state index in [0.29, 0.717) is 0 Å². The zero-order chi connectivity index (χ0) is 13.3. The molecule has 1 aromatic rings. The molecule has 0 N–H and O–H groups in total. The summed E-state index contributed by atoms with van der Waals surface area (Å²) in [4.78, 5) is 0. The van der Waals surface area contributed by atoms with Gasteiger partial charge in [-0.2, -0.15) is 21.6 Å². The van der Waals surface area contributed by atoms with Gasteiger partial charge in [0.2, 0.25) is 0 Å². The summed E-state index contributed by atoms with van der Waals surface area (Å²) in [6.45, 7) is 0. The van der Waals surface area contributed by atoms with Gasteiger partial charge in [0.15, 0.2) is 0 Å². The van der Waals surface area contributed by atoms with Crippen LogP contribution in [0.5, 0.6) is 5.75 Å². The van der Waals surface area contributed by atoms with Crippen molar-refractivity contribution in [1.29, 1.82) is 0 Å². The van der Waals surface area contributed by atoms with Crippen molar-refractivity contribution in [2.24, 2.45) is 0 Å². The molecule has 0 aliphatic carbocycles. The van der Waals surface area contributed by atoms with Gasteiger partial charge in [-0.3, -0.25) is 0 Å². The molecule has 3 nitrogen and oxygen atoms in total. The van der Waals surface area contributed by atoms with Crippen molar-refractivity contribution >= 4 is 33.3 Å². The summed E-state index contributed by atoms with van der Waals surface area (Å²) in [7, 11) is -5.70. The third-order valence-electron chi connectivity index (χ3n) is 1.65. The summed E-state index contributed by atoms with van der Waals surface area (Å²) in [5.74, 6) is -0.731. The number of rotatable bonds is 3. The van der Waals surface area contributed by atoms with Gasteiger partial charge in [-0.1, -0.05) is 11.6 Å². The van der Waals surface area contributed by atoms with Gasteiger partial charge in [-0.15, -0.1) is 11.6 Å². The molecular weight excluding hydrogens is 304 g/mol. The zero-order valence-corrected chi connectivity index (χ0v) is 10.3. The van der Waals surface area contributed by atoms with E-state index in [1.165, 1.54) is 12.1 Å². The van der Waals surface area contributed by atoms with E-state index < -0.39 is 21.4 Å². The van der Waals surface area contributed by atoms with E-state index in [1.807, 2.05) is 0 Å². The van der Waals surface area contributed by atoms with E-state index in [1.54, 1.807) is 0 Å². The van der Waals surface area contributed by atoms with Gasteiger partial charge in [-0.05, 0) is 18.2 Å². The first-order chi connectivity index (χ1) is 7.67. The Morgan fingerprint density at radius 2 is 1.88 bits per heavy atom. The van der Waals surface area contributed by atoms with Crippen molar-refractivity contribution in [3.63, 3.8) is 0 Å². The average molecular weight is 309 g/mol. The van der Waals surface area contributed by atoms with Crippen molar-refractivity contribution in [2.75, 3.05) is 0 Å². The van der Waals surface area contributed by atoms with Crippen molar-refractivity contribution < 1.29 is 25.8 Å². The summed E-state index contributed by atoms with van der Waals surface area (Å²) < 4.78 is 61.6. The van der Waals surface area contributed by atoms with Gasteiger partial charge < -0.3 is 4.18 Å². The topological polar surface area (TPSA) is 43.4 Å². The molecule has 0 amide bonds. The Balaban J connectivity index is 3.13. The van der Waals surface area contributed by atoms with Crippen LogP contribution < -0.4 is 4.18 Å². The fraction of sp³-hybridized carbons (Fsp3) is 0.250. The van der Waals surface area contributed by atoms with Crippen LogP contribution in [0.4, 0.5) is 13.2 Å². The van der Waals surface area contributed by atoms with Gasteiger partial charge in [0.1, 0.15) is 5.75 Å². The SMILES string of the molecule is O=S(=O)(Oc1ccc(Cl)cc1CCl)C(F)(F)F. The minimum absolute atomic E-state index is 0.0481. The molecule has 0 heterocycles. The number of halogens is 5. The molecule has 0 bridgehead atoms. The van der Waals surface area contributed by atoms with Gasteiger partial charge in [0.05, 0.1) is 5.88 Å². The largest absolute Gasteiger partial charge is 0.534 e. The van der Waals surface area contributed by atoms with E-state index in [0.717, 1.165) is 6.07 Å². The third-order valence-corrected chi connectivity index (χ3v) is 3.14. The predicted molar refractivity (Wildman–Crippen MR) is 56.6 cm³/mol. The number of benzene rings is 1. The molecule has 0 unspecified atom stereocenters.